The number of hydrogen-bond acceptors (Lipinski definition) is 4. The molecule has 0 unspecified atom stereocenters. The van der Waals surface area contributed by atoms with E-state index >= 15 is 0 Å². The van der Waals surface area contributed by atoms with E-state index in [1.165, 1.54) is 0 Å². The minimum atomic E-state index is -0.0382. The molecule has 1 fully saturated rings. The molecule has 0 bridgehead atoms. The minimum Gasteiger partial charge on any atom is -0.496 e. The molecule has 0 radical (unpaired) electrons. The number of methoxy groups -OCH3 is 1. The van der Waals surface area contributed by atoms with Gasteiger partial charge in [0.25, 0.3) is 0 Å². The molecule has 1 N–H and O–H groups in total. The lowest BCUT2D eigenvalue weighted by molar-refractivity contribution is 0.104. The van der Waals surface area contributed by atoms with Gasteiger partial charge in [0, 0.05) is 26.2 Å². The summed E-state index contributed by atoms with van der Waals surface area (Å²) >= 11 is 0. The van der Waals surface area contributed by atoms with E-state index in [0.29, 0.717) is 11.3 Å². The van der Waals surface area contributed by atoms with Crippen LogP contribution in [0.2, 0.25) is 0 Å². The maximum Gasteiger partial charge on any atom is 0.193 e. The van der Waals surface area contributed by atoms with Crippen LogP contribution < -0.4 is 10.1 Å². The van der Waals surface area contributed by atoms with Crippen LogP contribution in [0.3, 0.4) is 0 Å². The van der Waals surface area contributed by atoms with E-state index in [1.54, 1.807) is 25.3 Å². The van der Waals surface area contributed by atoms with Crippen LogP contribution in [0.1, 0.15) is 16.8 Å². The Hall–Kier alpha value is -1.97. The summed E-state index contributed by atoms with van der Waals surface area (Å²) in [6.45, 7) is 1.88. The summed E-state index contributed by atoms with van der Waals surface area (Å²) in [5, 5.41) is 3.23. The van der Waals surface area contributed by atoms with Gasteiger partial charge in [-0.2, -0.15) is 0 Å². The fraction of sp³-hybridized carbons (Fsp3) is 0.357. The van der Waals surface area contributed by atoms with E-state index in [1.807, 2.05) is 19.2 Å². The molecule has 0 aromatic heterocycles. The molecule has 1 saturated heterocycles. The van der Waals surface area contributed by atoms with E-state index in [2.05, 4.69) is 10.2 Å². The molecule has 4 heteroatoms. The molecule has 1 aromatic carbocycles. The molecule has 96 valence electrons. The van der Waals surface area contributed by atoms with Gasteiger partial charge in [-0.05, 0) is 18.6 Å². The van der Waals surface area contributed by atoms with Crippen LogP contribution in [0.5, 0.6) is 5.75 Å². The number of hydrogen-bond donors (Lipinski definition) is 1. The van der Waals surface area contributed by atoms with Crippen LogP contribution in [0, 0.1) is 0 Å². The zero-order valence-corrected chi connectivity index (χ0v) is 10.8. The summed E-state index contributed by atoms with van der Waals surface area (Å²) in [5.41, 5.74) is 0.591. The summed E-state index contributed by atoms with van der Waals surface area (Å²) in [7, 11) is 3.55. The average molecular weight is 246 g/mol. The number of nitrogens with zero attached hydrogens (tertiary/aromatic N) is 1. The maximum atomic E-state index is 12.2. The molecule has 4 nitrogen and oxygen atoms in total. The predicted molar refractivity (Wildman–Crippen MR) is 70.7 cm³/mol. The Morgan fingerprint density at radius 3 is 2.94 bits per heavy atom. The second-order valence-corrected chi connectivity index (χ2v) is 4.30. The van der Waals surface area contributed by atoms with Crippen LogP contribution in [-0.4, -0.2) is 37.9 Å². The first-order valence-corrected chi connectivity index (χ1v) is 6.06. The van der Waals surface area contributed by atoms with E-state index < -0.39 is 0 Å². The van der Waals surface area contributed by atoms with Crippen LogP contribution in [0.4, 0.5) is 0 Å². The van der Waals surface area contributed by atoms with Crippen LogP contribution in [0.25, 0.3) is 0 Å². The first-order valence-electron chi connectivity index (χ1n) is 6.06. The number of benzene rings is 1. The SMILES string of the molecule is COc1ccccc1C(=O)/C=C1\NCCCN1C. The topological polar surface area (TPSA) is 41.6 Å². The predicted octanol–water partition coefficient (Wildman–Crippen LogP) is 1.64. The Labute approximate surface area is 107 Å². The highest BCUT2D eigenvalue weighted by atomic mass is 16.5. The van der Waals surface area contributed by atoms with Crippen molar-refractivity contribution >= 4 is 5.78 Å². The van der Waals surface area contributed by atoms with Gasteiger partial charge < -0.3 is 15.0 Å². The number of rotatable bonds is 3. The smallest absolute Gasteiger partial charge is 0.193 e. The molecule has 1 aliphatic rings. The summed E-state index contributed by atoms with van der Waals surface area (Å²) in [4.78, 5) is 14.3. The molecule has 1 aromatic rings. The van der Waals surface area contributed by atoms with Gasteiger partial charge in [-0.15, -0.1) is 0 Å². The van der Waals surface area contributed by atoms with Crippen molar-refractivity contribution in [2.24, 2.45) is 0 Å². The first-order chi connectivity index (χ1) is 8.72. The van der Waals surface area contributed by atoms with Crippen molar-refractivity contribution in [1.29, 1.82) is 0 Å². The summed E-state index contributed by atoms with van der Waals surface area (Å²) < 4.78 is 5.20. The zero-order valence-electron chi connectivity index (χ0n) is 10.8. The average Bonchev–Trinajstić information content (AvgIpc) is 2.41. The molecule has 0 spiro atoms. The largest absolute Gasteiger partial charge is 0.496 e. The van der Waals surface area contributed by atoms with Gasteiger partial charge in [-0.3, -0.25) is 4.79 Å². The fourth-order valence-electron chi connectivity index (χ4n) is 2.00. The Morgan fingerprint density at radius 1 is 1.44 bits per heavy atom. The van der Waals surface area contributed by atoms with Gasteiger partial charge >= 0.3 is 0 Å². The van der Waals surface area contributed by atoms with Crippen molar-refractivity contribution in [3.63, 3.8) is 0 Å². The fourth-order valence-corrected chi connectivity index (χ4v) is 2.00. The number of ether oxygens (including phenoxy) is 1. The molecule has 0 amide bonds. The molecule has 18 heavy (non-hydrogen) atoms. The van der Waals surface area contributed by atoms with Gasteiger partial charge in [0.15, 0.2) is 5.78 Å². The summed E-state index contributed by atoms with van der Waals surface area (Å²) in [5.74, 6) is 1.44. The Morgan fingerprint density at radius 2 is 2.22 bits per heavy atom. The molecule has 1 aliphatic heterocycles. The van der Waals surface area contributed by atoms with Gasteiger partial charge in [0.2, 0.25) is 0 Å². The molecular weight excluding hydrogens is 228 g/mol. The van der Waals surface area contributed by atoms with Gasteiger partial charge in [-0.1, -0.05) is 12.1 Å². The zero-order chi connectivity index (χ0) is 13.0. The standard InChI is InChI=1S/C14H18N2O2/c1-16-9-5-8-15-14(16)10-12(17)11-6-3-4-7-13(11)18-2/h3-4,6-7,10,15H,5,8-9H2,1-2H3/b14-10+. The lowest BCUT2D eigenvalue weighted by atomic mass is 10.1. The third kappa shape index (κ3) is 2.64. The van der Waals surface area contributed by atoms with Crippen molar-refractivity contribution in [1.82, 2.24) is 10.2 Å². The van der Waals surface area contributed by atoms with E-state index in [9.17, 15) is 4.79 Å². The third-order valence-corrected chi connectivity index (χ3v) is 3.03. The van der Waals surface area contributed by atoms with Crippen molar-refractivity contribution in [2.75, 3.05) is 27.2 Å². The van der Waals surface area contributed by atoms with Gasteiger partial charge in [0.1, 0.15) is 11.6 Å². The second-order valence-electron chi connectivity index (χ2n) is 4.30. The number of ketones is 1. The highest BCUT2D eigenvalue weighted by Crippen LogP contribution is 2.19. The quantitative estimate of drug-likeness (QED) is 0.650. The van der Waals surface area contributed by atoms with Gasteiger partial charge in [-0.25, -0.2) is 0 Å². The monoisotopic (exact) mass is 246 g/mol. The third-order valence-electron chi connectivity index (χ3n) is 3.03. The molecular formula is C14H18N2O2. The van der Waals surface area contributed by atoms with Crippen LogP contribution >= 0.6 is 0 Å². The highest BCUT2D eigenvalue weighted by molar-refractivity contribution is 6.06. The highest BCUT2D eigenvalue weighted by Gasteiger charge is 2.14. The van der Waals surface area contributed by atoms with Crippen molar-refractivity contribution in [3.8, 4) is 5.75 Å². The van der Waals surface area contributed by atoms with Crippen molar-refractivity contribution < 1.29 is 9.53 Å². The molecule has 0 atom stereocenters. The normalized spacial score (nSPS) is 17.4. The minimum absolute atomic E-state index is 0.0382. The van der Waals surface area contributed by atoms with Crippen molar-refractivity contribution in [2.45, 2.75) is 6.42 Å². The Balaban J connectivity index is 2.23. The molecule has 1 heterocycles. The lowest BCUT2D eigenvalue weighted by Crippen LogP contribution is -2.37. The molecule has 2 rings (SSSR count). The first kappa shape index (κ1) is 12.5. The lowest BCUT2D eigenvalue weighted by Gasteiger charge is -2.28. The van der Waals surface area contributed by atoms with Crippen LogP contribution in [0.15, 0.2) is 36.2 Å². The second kappa shape index (κ2) is 5.58. The molecule has 0 saturated carbocycles. The van der Waals surface area contributed by atoms with Crippen molar-refractivity contribution in [3.05, 3.63) is 41.7 Å². The maximum absolute atomic E-state index is 12.2. The number of carbonyl (C=O) groups excluding carboxylic acids is 1. The van der Waals surface area contributed by atoms with Gasteiger partial charge in [0.05, 0.1) is 12.7 Å². The van der Waals surface area contributed by atoms with E-state index in [0.717, 1.165) is 25.3 Å². The summed E-state index contributed by atoms with van der Waals surface area (Å²) in [6, 6.07) is 7.27. The van der Waals surface area contributed by atoms with E-state index in [4.69, 9.17) is 4.74 Å². The summed E-state index contributed by atoms with van der Waals surface area (Å²) in [6.07, 6.45) is 2.73. The Bertz CT molecular complexity index is 469. The number of para-hydroxylation sites is 1. The number of nitrogens with one attached hydrogen (secondary N) is 1. The number of allylic oxidation sites excluding steroid dienone is 1. The molecule has 0 aliphatic carbocycles. The van der Waals surface area contributed by atoms with Crippen LogP contribution in [-0.2, 0) is 0 Å². The van der Waals surface area contributed by atoms with E-state index in [-0.39, 0.29) is 5.78 Å². The number of carbonyl (C=O) groups is 1. The Kier molecular flexibility index (Phi) is 3.87.